The van der Waals surface area contributed by atoms with Crippen molar-refractivity contribution in [1.29, 1.82) is 0 Å². The quantitative estimate of drug-likeness (QED) is 0.713. The van der Waals surface area contributed by atoms with Gasteiger partial charge in [0.25, 0.3) is 0 Å². The maximum atomic E-state index is 12.0. The number of ether oxygens (including phenoxy) is 1. The van der Waals surface area contributed by atoms with Gasteiger partial charge in [-0.3, -0.25) is 4.79 Å². The van der Waals surface area contributed by atoms with Crippen LogP contribution in [-0.4, -0.2) is 33.0 Å². The number of carbonyl (C=O) groups is 1. The van der Waals surface area contributed by atoms with E-state index in [1.54, 1.807) is 0 Å². The van der Waals surface area contributed by atoms with Crippen LogP contribution in [0.2, 0.25) is 0 Å². The van der Waals surface area contributed by atoms with E-state index in [0.29, 0.717) is 6.42 Å². The molecule has 5 heteroatoms. The monoisotopic (exact) mass is 264 g/mol. The van der Waals surface area contributed by atoms with Crippen LogP contribution >= 0.6 is 0 Å². The van der Waals surface area contributed by atoms with Crippen molar-refractivity contribution in [3.8, 4) is 0 Å². The fourth-order valence-corrected chi connectivity index (χ4v) is 1.81. The standard InChI is InChI=1S/C12H24O4S/c1-7-12(5,11(2,3)4)10(13)16-8-9-17(6,14)15/h7-9H2,1-6H3. The fraction of sp³-hybridized carbons (Fsp3) is 0.917. The number of rotatable bonds is 5. The molecule has 4 nitrogen and oxygen atoms in total. The summed E-state index contributed by atoms with van der Waals surface area (Å²) in [6.07, 6.45) is 1.79. The molecule has 0 bridgehead atoms. The van der Waals surface area contributed by atoms with Crippen LogP contribution in [0.25, 0.3) is 0 Å². The van der Waals surface area contributed by atoms with Gasteiger partial charge < -0.3 is 4.74 Å². The Morgan fingerprint density at radius 1 is 1.18 bits per heavy atom. The van der Waals surface area contributed by atoms with Gasteiger partial charge in [-0.2, -0.15) is 0 Å². The van der Waals surface area contributed by atoms with E-state index < -0.39 is 15.3 Å². The molecule has 0 aliphatic rings. The molecule has 0 aliphatic heterocycles. The zero-order chi connectivity index (χ0) is 13.9. The highest BCUT2D eigenvalue weighted by molar-refractivity contribution is 7.90. The number of esters is 1. The van der Waals surface area contributed by atoms with Gasteiger partial charge in [0.2, 0.25) is 0 Å². The summed E-state index contributed by atoms with van der Waals surface area (Å²) in [5.41, 5.74) is -0.811. The van der Waals surface area contributed by atoms with Crippen molar-refractivity contribution in [3.05, 3.63) is 0 Å². The molecular weight excluding hydrogens is 240 g/mol. The first-order valence-corrected chi connectivity index (χ1v) is 7.85. The molecule has 0 N–H and O–H groups in total. The normalized spacial score (nSPS) is 16.4. The minimum absolute atomic E-state index is 0.0661. The molecule has 102 valence electrons. The van der Waals surface area contributed by atoms with E-state index in [-0.39, 0.29) is 23.7 Å². The van der Waals surface area contributed by atoms with Crippen molar-refractivity contribution in [2.75, 3.05) is 18.6 Å². The number of hydrogen-bond acceptors (Lipinski definition) is 4. The minimum Gasteiger partial charge on any atom is -0.464 e. The lowest BCUT2D eigenvalue weighted by Gasteiger charge is -2.38. The third-order valence-electron chi connectivity index (χ3n) is 3.50. The van der Waals surface area contributed by atoms with Crippen LogP contribution in [0, 0.1) is 10.8 Å². The summed E-state index contributed by atoms with van der Waals surface area (Å²) in [5.74, 6) is -0.445. The molecule has 0 rings (SSSR count). The largest absolute Gasteiger partial charge is 0.464 e. The summed E-state index contributed by atoms with van der Waals surface area (Å²) in [7, 11) is -3.08. The first kappa shape index (κ1) is 16.4. The molecule has 0 heterocycles. The van der Waals surface area contributed by atoms with Gasteiger partial charge in [-0.25, -0.2) is 8.42 Å². The number of carbonyl (C=O) groups excluding carboxylic acids is 1. The molecule has 0 fully saturated rings. The molecule has 0 saturated carbocycles. The predicted octanol–water partition coefficient (Wildman–Crippen LogP) is 2.04. The highest BCUT2D eigenvalue weighted by Crippen LogP contribution is 2.42. The molecule has 0 aromatic heterocycles. The number of sulfone groups is 1. The van der Waals surface area contributed by atoms with Crippen LogP contribution in [0.3, 0.4) is 0 Å². The van der Waals surface area contributed by atoms with Gasteiger partial charge in [0.1, 0.15) is 6.61 Å². The summed E-state index contributed by atoms with van der Waals surface area (Å²) >= 11 is 0. The minimum atomic E-state index is -3.08. The van der Waals surface area contributed by atoms with Crippen LogP contribution in [0.5, 0.6) is 0 Å². The molecule has 0 radical (unpaired) electrons. The van der Waals surface area contributed by atoms with Crippen molar-refractivity contribution in [1.82, 2.24) is 0 Å². The first-order chi connectivity index (χ1) is 7.44. The molecule has 0 saturated heterocycles. The van der Waals surface area contributed by atoms with Gasteiger partial charge >= 0.3 is 5.97 Å². The van der Waals surface area contributed by atoms with E-state index in [1.165, 1.54) is 0 Å². The van der Waals surface area contributed by atoms with Crippen molar-refractivity contribution in [2.45, 2.75) is 41.0 Å². The highest BCUT2D eigenvalue weighted by Gasteiger charge is 2.43. The second-order valence-electron chi connectivity index (χ2n) is 5.70. The molecule has 0 aliphatic carbocycles. The SMILES string of the molecule is CCC(C)(C(=O)OCCS(C)(=O)=O)C(C)(C)C. The third kappa shape index (κ3) is 4.66. The van der Waals surface area contributed by atoms with Crippen molar-refractivity contribution in [3.63, 3.8) is 0 Å². The van der Waals surface area contributed by atoms with Gasteiger partial charge in [0, 0.05) is 6.26 Å². The Balaban J connectivity index is 4.59. The third-order valence-corrected chi connectivity index (χ3v) is 4.41. The summed E-state index contributed by atoms with van der Waals surface area (Å²) in [4.78, 5) is 12.0. The molecule has 0 spiro atoms. The predicted molar refractivity (Wildman–Crippen MR) is 68.5 cm³/mol. The Hall–Kier alpha value is -0.580. The second kappa shape index (κ2) is 5.38. The van der Waals surface area contributed by atoms with E-state index in [0.717, 1.165) is 6.26 Å². The van der Waals surface area contributed by atoms with E-state index in [9.17, 15) is 13.2 Å². The van der Waals surface area contributed by atoms with E-state index in [1.807, 2.05) is 34.6 Å². The van der Waals surface area contributed by atoms with E-state index in [4.69, 9.17) is 4.74 Å². The fourth-order valence-electron chi connectivity index (χ4n) is 1.43. The maximum absolute atomic E-state index is 12.0. The Kier molecular flexibility index (Phi) is 5.19. The molecule has 1 unspecified atom stereocenters. The lowest BCUT2D eigenvalue weighted by atomic mass is 9.66. The maximum Gasteiger partial charge on any atom is 0.312 e. The molecular formula is C12H24O4S. The van der Waals surface area contributed by atoms with Crippen molar-refractivity contribution < 1.29 is 17.9 Å². The van der Waals surface area contributed by atoms with Crippen LogP contribution in [0.1, 0.15) is 41.0 Å². The lowest BCUT2D eigenvalue weighted by molar-refractivity contribution is -0.161. The Labute approximate surface area is 105 Å². The van der Waals surface area contributed by atoms with Gasteiger partial charge in [0.05, 0.1) is 11.2 Å². The average Bonchev–Trinajstić information content (AvgIpc) is 2.12. The van der Waals surface area contributed by atoms with Crippen molar-refractivity contribution >= 4 is 15.8 Å². The van der Waals surface area contributed by atoms with Crippen molar-refractivity contribution in [2.24, 2.45) is 10.8 Å². The Bertz CT molecular complexity index is 364. The summed E-state index contributed by atoms with van der Waals surface area (Å²) in [5, 5.41) is 0. The van der Waals surface area contributed by atoms with Crippen LogP contribution in [0.4, 0.5) is 0 Å². The smallest absolute Gasteiger partial charge is 0.312 e. The average molecular weight is 264 g/mol. The summed E-state index contributed by atoms with van der Waals surface area (Å²) in [6.45, 7) is 9.67. The zero-order valence-corrected chi connectivity index (χ0v) is 12.5. The number of hydrogen-bond donors (Lipinski definition) is 0. The second-order valence-corrected chi connectivity index (χ2v) is 7.96. The molecule has 0 aromatic rings. The van der Waals surface area contributed by atoms with Gasteiger partial charge in [0.15, 0.2) is 9.84 Å². The molecule has 1 atom stereocenters. The zero-order valence-electron chi connectivity index (χ0n) is 11.7. The molecule has 17 heavy (non-hydrogen) atoms. The van der Waals surface area contributed by atoms with Crippen LogP contribution in [-0.2, 0) is 19.4 Å². The highest BCUT2D eigenvalue weighted by atomic mass is 32.2. The Morgan fingerprint density at radius 3 is 1.94 bits per heavy atom. The topological polar surface area (TPSA) is 60.4 Å². The Morgan fingerprint density at radius 2 is 1.65 bits per heavy atom. The summed E-state index contributed by atoms with van der Waals surface area (Å²) in [6, 6.07) is 0. The first-order valence-electron chi connectivity index (χ1n) is 5.79. The van der Waals surface area contributed by atoms with E-state index in [2.05, 4.69) is 0 Å². The van der Waals surface area contributed by atoms with E-state index >= 15 is 0 Å². The molecule has 0 aromatic carbocycles. The van der Waals surface area contributed by atoms with Gasteiger partial charge in [-0.15, -0.1) is 0 Å². The van der Waals surface area contributed by atoms with Gasteiger partial charge in [-0.05, 0) is 18.8 Å². The van der Waals surface area contributed by atoms with Crippen LogP contribution < -0.4 is 0 Å². The van der Waals surface area contributed by atoms with Crippen LogP contribution in [0.15, 0.2) is 0 Å². The summed E-state index contributed by atoms with van der Waals surface area (Å²) < 4.78 is 27.0. The lowest BCUT2D eigenvalue weighted by Crippen LogP contribution is -2.41. The molecule has 0 amide bonds. The van der Waals surface area contributed by atoms with Gasteiger partial charge in [-0.1, -0.05) is 27.7 Å².